The Balaban J connectivity index is 1.35. The van der Waals surface area contributed by atoms with Crippen molar-refractivity contribution in [1.82, 2.24) is 18.9 Å². The zero-order valence-corrected chi connectivity index (χ0v) is 26.9. The molecule has 2 aliphatic rings. The van der Waals surface area contributed by atoms with E-state index in [-0.39, 0.29) is 36.7 Å². The molecule has 1 N–H and O–H groups in total. The Kier molecular flexibility index (Phi) is 10.0. The van der Waals surface area contributed by atoms with Gasteiger partial charge >= 0.3 is 11.7 Å². The van der Waals surface area contributed by atoms with E-state index in [9.17, 15) is 19.2 Å². The molecule has 2 aromatic carbocycles. The third-order valence-corrected chi connectivity index (χ3v) is 8.73. The van der Waals surface area contributed by atoms with E-state index in [2.05, 4.69) is 5.32 Å². The first-order valence-corrected chi connectivity index (χ1v) is 15.3. The van der Waals surface area contributed by atoms with Crippen molar-refractivity contribution in [3.63, 3.8) is 0 Å². The van der Waals surface area contributed by atoms with Crippen molar-refractivity contribution >= 4 is 17.6 Å². The third kappa shape index (κ3) is 6.45. The lowest BCUT2D eigenvalue weighted by atomic mass is 10.0. The molecule has 0 radical (unpaired) electrons. The number of amides is 3. The second-order valence-electron chi connectivity index (χ2n) is 11.5. The van der Waals surface area contributed by atoms with Crippen LogP contribution >= 0.6 is 0 Å². The molecule has 1 atom stereocenters. The van der Waals surface area contributed by atoms with Gasteiger partial charge in [-0.1, -0.05) is 12.1 Å². The maximum Gasteiger partial charge on any atom is 0.331 e. The van der Waals surface area contributed by atoms with Crippen molar-refractivity contribution in [2.24, 2.45) is 0 Å². The minimum Gasteiger partial charge on any atom is -0.497 e. The number of methoxy groups -OCH3 is 4. The van der Waals surface area contributed by atoms with Crippen molar-refractivity contribution in [2.75, 3.05) is 60.0 Å². The topological polar surface area (TPSA) is 134 Å². The van der Waals surface area contributed by atoms with Gasteiger partial charge < -0.3 is 34.1 Å². The van der Waals surface area contributed by atoms with Crippen LogP contribution in [0.25, 0.3) is 11.1 Å². The summed E-state index contributed by atoms with van der Waals surface area (Å²) in [5, 5.41) is 3.02. The van der Waals surface area contributed by atoms with Crippen molar-refractivity contribution in [1.29, 1.82) is 0 Å². The SMILES string of the molecule is COC[C@H](C)n1c(=O)c(-c2cccc(OC)c2OC)cn(CC(=O)N2CCC(N3CCc4cc(OC)ccc4NC3=O)CC2)c1=O. The van der Waals surface area contributed by atoms with Crippen LogP contribution < -0.4 is 30.8 Å². The molecule has 3 amide bonds. The summed E-state index contributed by atoms with van der Waals surface area (Å²) >= 11 is 0. The van der Waals surface area contributed by atoms with E-state index in [0.29, 0.717) is 56.0 Å². The molecular weight excluding hydrogens is 594 g/mol. The Morgan fingerprint density at radius 3 is 2.39 bits per heavy atom. The van der Waals surface area contributed by atoms with Crippen LogP contribution in [0.5, 0.6) is 17.2 Å². The Hall–Kier alpha value is -4.78. The van der Waals surface area contributed by atoms with Gasteiger partial charge in [0.05, 0.1) is 39.5 Å². The number of urea groups is 1. The molecule has 0 saturated carbocycles. The fourth-order valence-corrected chi connectivity index (χ4v) is 6.30. The maximum atomic E-state index is 13.7. The molecule has 0 spiro atoms. The summed E-state index contributed by atoms with van der Waals surface area (Å²) in [4.78, 5) is 57.6. The molecule has 46 heavy (non-hydrogen) atoms. The van der Waals surface area contributed by atoms with E-state index in [1.54, 1.807) is 37.1 Å². The highest BCUT2D eigenvalue weighted by molar-refractivity contribution is 5.91. The van der Waals surface area contributed by atoms with Crippen molar-refractivity contribution < 1.29 is 28.5 Å². The molecule has 13 heteroatoms. The smallest absolute Gasteiger partial charge is 0.331 e. The summed E-state index contributed by atoms with van der Waals surface area (Å²) in [7, 11) is 6.08. The van der Waals surface area contributed by atoms with E-state index in [0.717, 1.165) is 21.6 Å². The van der Waals surface area contributed by atoms with Crippen molar-refractivity contribution in [3.05, 3.63) is 69.0 Å². The lowest BCUT2D eigenvalue weighted by Crippen LogP contribution is -2.51. The van der Waals surface area contributed by atoms with E-state index >= 15 is 0 Å². The van der Waals surface area contributed by atoms with Gasteiger partial charge in [0, 0.05) is 50.2 Å². The highest BCUT2D eigenvalue weighted by Crippen LogP contribution is 2.36. The van der Waals surface area contributed by atoms with Gasteiger partial charge in [0.1, 0.15) is 12.3 Å². The minimum absolute atomic E-state index is 0.0353. The number of fused-ring (bicyclic) bond motifs is 1. The fourth-order valence-electron chi connectivity index (χ4n) is 6.30. The monoisotopic (exact) mass is 635 g/mol. The lowest BCUT2D eigenvalue weighted by molar-refractivity contribution is -0.133. The molecule has 0 unspecified atom stereocenters. The zero-order valence-electron chi connectivity index (χ0n) is 26.9. The molecule has 2 aliphatic heterocycles. The molecule has 3 aromatic rings. The Morgan fingerprint density at radius 2 is 1.72 bits per heavy atom. The second kappa shape index (κ2) is 14.1. The number of carbonyl (C=O) groups excluding carboxylic acids is 2. The van der Waals surface area contributed by atoms with Gasteiger partial charge in [-0.2, -0.15) is 0 Å². The van der Waals surface area contributed by atoms with Gasteiger partial charge in [-0.3, -0.25) is 18.7 Å². The van der Waals surface area contributed by atoms with Crippen LogP contribution in [-0.2, 0) is 22.5 Å². The van der Waals surface area contributed by atoms with Crippen LogP contribution in [0.4, 0.5) is 10.5 Å². The number of carbonyl (C=O) groups is 2. The number of anilines is 1. The van der Waals surface area contributed by atoms with Gasteiger partial charge in [0.15, 0.2) is 11.5 Å². The number of para-hydroxylation sites is 1. The summed E-state index contributed by atoms with van der Waals surface area (Å²) in [5.41, 5.74) is 1.28. The van der Waals surface area contributed by atoms with E-state index < -0.39 is 17.3 Å². The van der Waals surface area contributed by atoms with Gasteiger partial charge in [-0.15, -0.1) is 0 Å². The number of piperidine rings is 1. The largest absolute Gasteiger partial charge is 0.497 e. The highest BCUT2D eigenvalue weighted by atomic mass is 16.5. The Bertz CT molecular complexity index is 1710. The lowest BCUT2D eigenvalue weighted by Gasteiger charge is -2.38. The van der Waals surface area contributed by atoms with Crippen molar-refractivity contribution in [2.45, 2.75) is 44.8 Å². The van der Waals surface area contributed by atoms with Crippen molar-refractivity contribution in [3.8, 4) is 28.4 Å². The number of ether oxygens (including phenoxy) is 4. The number of rotatable bonds is 10. The molecule has 0 bridgehead atoms. The first kappa shape index (κ1) is 32.6. The fraction of sp³-hybridized carbons (Fsp3) is 0.455. The molecule has 13 nitrogen and oxygen atoms in total. The zero-order chi connectivity index (χ0) is 33.0. The van der Waals surface area contributed by atoms with E-state index in [1.165, 1.54) is 32.1 Å². The number of likely N-dealkylation sites (tertiary alicyclic amines) is 1. The summed E-state index contributed by atoms with van der Waals surface area (Å²) in [6.07, 6.45) is 3.30. The van der Waals surface area contributed by atoms with Crippen LogP contribution in [0.3, 0.4) is 0 Å². The Morgan fingerprint density at radius 1 is 0.957 bits per heavy atom. The van der Waals surface area contributed by atoms with E-state index in [4.69, 9.17) is 18.9 Å². The number of nitrogens with zero attached hydrogens (tertiary/aromatic N) is 4. The second-order valence-corrected chi connectivity index (χ2v) is 11.5. The normalized spacial score (nSPS) is 15.9. The van der Waals surface area contributed by atoms with Crippen LogP contribution in [0.2, 0.25) is 0 Å². The summed E-state index contributed by atoms with van der Waals surface area (Å²) in [6, 6.07) is 9.98. The highest BCUT2D eigenvalue weighted by Gasteiger charge is 2.32. The molecule has 1 fully saturated rings. The molecular formula is C33H41N5O8. The number of hydrogen-bond acceptors (Lipinski definition) is 8. The number of nitrogens with one attached hydrogen (secondary N) is 1. The maximum absolute atomic E-state index is 13.7. The number of aromatic nitrogens is 2. The molecule has 1 saturated heterocycles. The van der Waals surface area contributed by atoms with Gasteiger partial charge in [-0.05, 0) is 56.0 Å². The van der Waals surface area contributed by atoms with Crippen LogP contribution in [0.1, 0.15) is 31.4 Å². The third-order valence-electron chi connectivity index (χ3n) is 8.73. The van der Waals surface area contributed by atoms with Gasteiger partial charge in [-0.25, -0.2) is 9.59 Å². The molecule has 0 aliphatic carbocycles. The van der Waals surface area contributed by atoms with Gasteiger partial charge in [0.25, 0.3) is 5.56 Å². The summed E-state index contributed by atoms with van der Waals surface area (Å²) in [5.74, 6) is 1.25. The first-order valence-electron chi connectivity index (χ1n) is 15.3. The van der Waals surface area contributed by atoms with Gasteiger partial charge in [0.2, 0.25) is 5.91 Å². The summed E-state index contributed by atoms with van der Waals surface area (Å²) in [6.45, 7) is 2.99. The number of hydrogen-bond donors (Lipinski definition) is 1. The average Bonchev–Trinajstić information content (AvgIpc) is 3.23. The van der Waals surface area contributed by atoms with Crippen LogP contribution in [0.15, 0.2) is 52.2 Å². The predicted molar refractivity (Wildman–Crippen MR) is 172 cm³/mol. The number of benzene rings is 2. The standard InChI is InChI=1S/C33H41N5O8/c1-21(20-43-2)38-31(40)26(25-7-6-8-28(45-4)30(25)46-5)18-36(33(38)42)19-29(39)35-14-12-23(13-15-35)37-16-11-22-17-24(44-3)9-10-27(22)34-32(37)41/h6-10,17-18,21,23H,11-16,19-20H2,1-5H3,(H,34,41)/t21-/m0/s1. The first-order chi connectivity index (χ1) is 22.2. The quantitative estimate of drug-likeness (QED) is 0.360. The molecule has 3 heterocycles. The predicted octanol–water partition coefficient (Wildman–Crippen LogP) is 2.99. The van der Waals surface area contributed by atoms with Crippen LogP contribution in [-0.4, -0.2) is 91.6 Å². The average molecular weight is 636 g/mol. The summed E-state index contributed by atoms with van der Waals surface area (Å²) < 4.78 is 24.0. The molecule has 5 rings (SSSR count). The molecule has 246 valence electrons. The molecule has 1 aromatic heterocycles. The minimum atomic E-state index is -0.610. The van der Waals surface area contributed by atoms with E-state index in [1.807, 2.05) is 23.1 Å². The van der Waals surface area contributed by atoms with Crippen LogP contribution in [0, 0.1) is 0 Å². The Labute approximate surface area is 267 Å².